The molecule has 0 amide bonds. The zero-order valence-electron chi connectivity index (χ0n) is 9.32. The van der Waals surface area contributed by atoms with E-state index in [1.165, 1.54) is 0 Å². The number of likely N-dealkylation sites (tertiary alicyclic amines) is 1. The van der Waals surface area contributed by atoms with Crippen molar-refractivity contribution in [3.05, 3.63) is 0 Å². The van der Waals surface area contributed by atoms with Gasteiger partial charge in [0.05, 0.1) is 18.1 Å². The number of nitriles is 1. The van der Waals surface area contributed by atoms with E-state index in [1.807, 2.05) is 13.8 Å². The summed E-state index contributed by atoms with van der Waals surface area (Å²) in [5.41, 5.74) is -0.511. The number of nitrogens with zero attached hydrogens (tertiary/aromatic N) is 2. The Hall–Kier alpha value is -0.590. The lowest BCUT2D eigenvalue weighted by Crippen LogP contribution is -2.66. The minimum atomic E-state index is -0.511. The van der Waals surface area contributed by atoms with Gasteiger partial charge in [-0.1, -0.05) is 20.8 Å². The molecule has 14 heavy (non-hydrogen) atoms. The lowest BCUT2D eigenvalue weighted by Gasteiger charge is -2.52. The Bertz CT molecular complexity index is 226. The molecule has 1 saturated heterocycles. The van der Waals surface area contributed by atoms with E-state index >= 15 is 0 Å². The highest BCUT2D eigenvalue weighted by Crippen LogP contribution is 2.31. The molecule has 0 aromatic rings. The first-order chi connectivity index (χ1) is 6.53. The van der Waals surface area contributed by atoms with Gasteiger partial charge in [0, 0.05) is 19.1 Å². The minimum absolute atomic E-state index is 0.304. The van der Waals surface area contributed by atoms with Crippen molar-refractivity contribution in [2.45, 2.75) is 45.3 Å². The SMILES string of the molecule is CCC(CC#N)N1CC(O)(C(C)C)C1. The molecular formula is C11H20N2O. The summed E-state index contributed by atoms with van der Waals surface area (Å²) in [5, 5.41) is 18.7. The maximum atomic E-state index is 10.0. The zero-order valence-corrected chi connectivity index (χ0v) is 9.32. The molecule has 0 aliphatic carbocycles. The molecule has 1 heterocycles. The molecule has 1 aliphatic rings. The van der Waals surface area contributed by atoms with Gasteiger partial charge in [0.25, 0.3) is 0 Å². The van der Waals surface area contributed by atoms with Gasteiger partial charge in [0.2, 0.25) is 0 Å². The summed E-state index contributed by atoms with van der Waals surface area (Å²) in [6.45, 7) is 7.63. The first kappa shape index (κ1) is 11.5. The Morgan fingerprint density at radius 3 is 2.43 bits per heavy atom. The van der Waals surface area contributed by atoms with Crippen LogP contribution in [-0.4, -0.2) is 34.7 Å². The molecule has 1 aliphatic heterocycles. The van der Waals surface area contributed by atoms with E-state index in [4.69, 9.17) is 5.26 Å². The zero-order chi connectivity index (χ0) is 10.8. The van der Waals surface area contributed by atoms with Crippen molar-refractivity contribution < 1.29 is 5.11 Å². The molecule has 1 atom stereocenters. The first-order valence-electron chi connectivity index (χ1n) is 5.37. The van der Waals surface area contributed by atoms with E-state index in [9.17, 15) is 5.11 Å². The van der Waals surface area contributed by atoms with Gasteiger partial charge in [-0.3, -0.25) is 4.90 Å². The quantitative estimate of drug-likeness (QED) is 0.739. The summed E-state index contributed by atoms with van der Waals surface area (Å²) in [5.74, 6) is 0.304. The van der Waals surface area contributed by atoms with E-state index in [0.29, 0.717) is 18.4 Å². The van der Waals surface area contributed by atoms with Gasteiger partial charge in [0.1, 0.15) is 0 Å². The molecule has 0 bridgehead atoms. The monoisotopic (exact) mass is 196 g/mol. The topological polar surface area (TPSA) is 47.3 Å². The number of hydrogen-bond acceptors (Lipinski definition) is 3. The van der Waals surface area contributed by atoms with Gasteiger partial charge in [-0.2, -0.15) is 5.26 Å². The van der Waals surface area contributed by atoms with Gasteiger partial charge in [-0.05, 0) is 12.3 Å². The maximum Gasteiger partial charge on any atom is 0.0923 e. The van der Waals surface area contributed by atoms with Crippen LogP contribution in [0, 0.1) is 17.2 Å². The fraction of sp³-hybridized carbons (Fsp3) is 0.909. The first-order valence-corrected chi connectivity index (χ1v) is 5.37. The average molecular weight is 196 g/mol. The average Bonchev–Trinajstić information content (AvgIpc) is 2.09. The number of hydrogen-bond donors (Lipinski definition) is 1. The van der Waals surface area contributed by atoms with Crippen LogP contribution >= 0.6 is 0 Å². The van der Waals surface area contributed by atoms with E-state index in [2.05, 4.69) is 17.9 Å². The fourth-order valence-corrected chi connectivity index (χ4v) is 1.92. The molecule has 0 aromatic heterocycles. The molecule has 3 heteroatoms. The van der Waals surface area contributed by atoms with Crippen LogP contribution in [0.15, 0.2) is 0 Å². The highest BCUT2D eigenvalue weighted by Gasteiger charge is 2.45. The second kappa shape index (κ2) is 4.29. The van der Waals surface area contributed by atoms with Crippen LogP contribution < -0.4 is 0 Å². The molecule has 1 unspecified atom stereocenters. The molecule has 1 N–H and O–H groups in total. The van der Waals surface area contributed by atoms with Crippen LogP contribution in [0.1, 0.15) is 33.6 Å². The van der Waals surface area contributed by atoms with Crippen molar-refractivity contribution in [1.29, 1.82) is 5.26 Å². The molecular weight excluding hydrogens is 176 g/mol. The fourth-order valence-electron chi connectivity index (χ4n) is 1.92. The van der Waals surface area contributed by atoms with E-state index in [0.717, 1.165) is 19.5 Å². The van der Waals surface area contributed by atoms with Gasteiger partial charge in [0.15, 0.2) is 0 Å². The maximum absolute atomic E-state index is 10.0. The van der Waals surface area contributed by atoms with Crippen LogP contribution in [0.4, 0.5) is 0 Å². The van der Waals surface area contributed by atoms with Crippen molar-refractivity contribution in [1.82, 2.24) is 4.90 Å². The minimum Gasteiger partial charge on any atom is -0.387 e. The molecule has 1 fully saturated rings. The Kier molecular flexibility index (Phi) is 3.52. The number of rotatable bonds is 4. The number of β-amino-alcohol motifs (C(OH)–C–C–N with tert-alkyl or cyclic N) is 1. The molecule has 80 valence electrons. The third-order valence-corrected chi connectivity index (χ3v) is 3.34. The van der Waals surface area contributed by atoms with E-state index in [-0.39, 0.29) is 0 Å². The largest absolute Gasteiger partial charge is 0.387 e. The van der Waals surface area contributed by atoms with Gasteiger partial charge in [-0.15, -0.1) is 0 Å². The van der Waals surface area contributed by atoms with Crippen molar-refractivity contribution in [3.63, 3.8) is 0 Å². The van der Waals surface area contributed by atoms with Crippen LogP contribution in [-0.2, 0) is 0 Å². The van der Waals surface area contributed by atoms with Gasteiger partial charge >= 0.3 is 0 Å². The highest BCUT2D eigenvalue weighted by atomic mass is 16.3. The van der Waals surface area contributed by atoms with Crippen molar-refractivity contribution in [2.24, 2.45) is 5.92 Å². The van der Waals surface area contributed by atoms with Gasteiger partial charge < -0.3 is 5.11 Å². The van der Waals surface area contributed by atoms with Crippen LogP contribution in [0.5, 0.6) is 0 Å². The Labute approximate surface area is 86.3 Å². The lowest BCUT2D eigenvalue weighted by atomic mass is 9.81. The van der Waals surface area contributed by atoms with Crippen molar-refractivity contribution >= 4 is 0 Å². The van der Waals surface area contributed by atoms with E-state index < -0.39 is 5.60 Å². The standard InChI is InChI=1S/C11H20N2O/c1-4-10(5-6-12)13-7-11(14,8-13)9(2)3/h9-10,14H,4-5,7-8H2,1-3H3. The normalized spacial score (nSPS) is 22.9. The second-order valence-electron chi connectivity index (χ2n) is 4.59. The third kappa shape index (κ3) is 2.08. The van der Waals surface area contributed by atoms with Crippen molar-refractivity contribution in [2.75, 3.05) is 13.1 Å². The summed E-state index contributed by atoms with van der Waals surface area (Å²) in [7, 11) is 0. The van der Waals surface area contributed by atoms with Crippen molar-refractivity contribution in [3.8, 4) is 6.07 Å². The van der Waals surface area contributed by atoms with Gasteiger partial charge in [-0.25, -0.2) is 0 Å². The lowest BCUT2D eigenvalue weighted by molar-refractivity contribution is -0.142. The summed E-state index contributed by atoms with van der Waals surface area (Å²) in [6, 6.07) is 2.53. The number of aliphatic hydroxyl groups is 1. The van der Waals surface area contributed by atoms with E-state index in [1.54, 1.807) is 0 Å². The Balaban J connectivity index is 2.43. The summed E-state index contributed by atoms with van der Waals surface area (Å²) >= 11 is 0. The molecule has 0 aromatic carbocycles. The molecule has 3 nitrogen and oxygen atoms in total. The predicted octanol–water partition coefficient (Wildman–Crippen LogP) is 1.38. The molecule has 0 saturated carbocycles. The highest BCUT2D eigenvalue weighted by molar-refractivity contribution is 5.01. The second-order valence-corrected chi connectivity index (χ2v) is 4.59. The smallest absolute Gasteiger partial charge is 0.0923 e. The summed E-state index contributed by atoms with van der Waals surface area (Å²) in [6.07, 6.45) is 1.56. The third-order valence-electron chi connectivity index (χ3n) is 3.34. The summed E-state index contributed by atoms with van der Waals surface area (Å²) in [4.78, 5) is 2.21. The Morgan fingerprint density at radius 1 is 1.50 bits per heavy atom. The molecule has 0 spiro atoms. The van der Waals surface area contributed by atoms with Crippen LogP contribution in [0.2, 0.25) is 0 Å². The molecule has 1 rings (SSSR count). The predicted molar refractivity (Wildman–Crippen MR) is 55.7 cm³/mol. The molecule has 0 radical (unpaired) electrons. The van der Waals surface area contributed by atoms with Crippen LogP contribution in [0.3, 0.4) is 0 Å². The Morgan fingerprint density at radius 2 is 2.07 bits per heavy atom. The van der Waals surface area contributed by atoms with Crippen LogP contribution in [0.25, 0.3) is 0 Å². The summed E-state index contributed by atoms with van der Waals surface area (Å²) < 4.78 is 0.